The predicted molar refractivity (Wildman–Crippen MR) is 50.2 cm³/mol. The first-order valence-electron chi connectivity index (χ1n) is 5.23. The Labute approximate surface area is 116 Å². The topological polar surface area (TPSA) is 141 Å². The third-order valence-electron chi connectivity index (χ3n) is 1.75. The van der Waals surface area contributed by atoms with Crippen molar-refractivity contribution in [1.29, 1.82) is 0 Å². The first-order chi connectivity index (χ1) is 8.19. The molecule has 101 valence electrons. The van der Waals surface area contributed by atoms with Crippen LogP contribution < -0.4 is 15.3 Å². The molecule has 0 saturated heterocycles. The molecule has 8 heteroatoms. The Kier molecular flexibility index (Phi) is 11.1. The molecule has 0 aromatic carbocycles. The Morgan fingerprint density at radius 3 is 1.44 bits per heavy atom. The van der Waals surface area contributed by atoms with Crippen LogP contribution in [0.1, 0.15) is 26.7 Å². The van der Waals surface area contributed by atoms with Gasteiger partial charge in [0.25, 0.3) is 0 Å². The molecule has 0 heterocycles. The molecule has 0 aliphatic carbocycles. The minimum absolute atomic E-state index is 0.218. The predicted octanol–water partition coefficient (Wildman–Crippen LogP) is -3.31. The first-order valence-corrected chi connectivity index (χ1v) is 8.71. The fourth-order valence-electron chi connectivity index (χ4n) is 0.934. The SMILES string of the molecule is C[CH2][Zr+3][CH2]C.O=C([O-])CC(O)(CC(=O)[O-])C(=O)[O-]. The van der Waals surface area contributed by atoms with Gasteiger partial charge in [-0.05, 0) is 0 Å². The van der Waals surface area contributed by atoms with Crippen LogP contribution in [-0.2, 0) is 37.6 Å². The zero-order valence-electron chi connectivity index (χ0n) is 10.2. The molecular formula is C10H15O7Zr. The molecule has 1 N–H and O–H groups in total. The van der Waals surface area contributed by atoms with Crippen LogP contribution in [0.4, 0.5) is 0 Å². The number of aliphatic hydroxyl groups is 1. The van der Waals surface area contributed by atoms with Crippen LogP contribution in [0.3, 0.4) is 0 Å². The van der Waals surface area contributed by atoms with Crippen molar-refractivity contribution in [2.24, 2.45) is 0 Å². The van der Waals surface area contributed by atoms with E-state index < -0.39 is 36.4 Å². The molecular weight excluding hydrogens is 323 g/mol. The summed E-state index contributed by atoms with van der Waals surface area (Å²) in [6.45, 7) is 4.57. The molecule has 0 spiro atoms. The molecule has 0 atom stereocenters. The maximum atomic E-state index is 10.1. The molecule has 0 aromatic rings. The zero-order valence-corrected chi connectivity index (χ0v) is 12.7. The summed E-state index contributed by atoms with van der Waals surface area (Å²) < 4.78 is 3.03. The molecule has 0 amide bonds. The van der Waals surface area contributed by atoms with E-state index in [-0.39, 0.29) is 23.2 Å². The number of carbonyl (C=O) groups excluding carboxylic acids is 3. The maximum Gasteiger partial charge on any atom is 0.114 e. The summed E-state index contributed by atoms with van der Waals surface area (Å²) in [6.07, 6.45) is -2.72. The number of rotatable bonds is 7. The van der Waals surface area contributed by atoms with Crippen LogP contribution in [0.2, 0.25) is 8.26 Å². The van der Waals surface area contributed by atoms with E-state index in [1.165, 1.54) is 8.26 Å². The Morgan fingerprint density at radius 1 is 1.00 bits per heavy atom. The van der Waals surface area contributed by atoms with Gasteiger partial charge >= 0.3 is 45.3 Å². The van der Waals surface area contributed by atoms with E-state index in [1.807, 2.05) is 0 Å². The summed E-state index contributed by atoms with van der Waals surface area (Å²) in [7, 11) is 0. The van der Waals surface area contributed by atoms with E-state index in [0.717, 1.165) is 0 Å². The van der Waals surface area contributed by atoms with E-state index in [2.05, 4.69) is 13.8 Å². The molecule has 0 radical (unpaired) electrons. The number of carboxylic acids is 3. The van der Waals surface area contributed by atoms with Crippen molar-refractivity contribution in [1.82, 2.24) is 0 Å². The van der Waals surface area contributed by atoms with Gasteiger partial charge in [-0.2, -0.15) is 0 Å². The van der Waals surface area contributed by atoms with Crippen LogP contribution in [0.25, 0.3) is 0 Å². The van der Waals surface area contributed by atoms with Gasteiger partial charge in [-0.3, -0.25) is 0 Å². The zero-order chi connectivity index (χ0) is 14.8. The van der Waals surface area contributed by atoms with E-state index in [9.17, 15) is 29.7 Å². The minimum atomic E-state index is -2.97. The largest absolute Gasteiger partial charge is 0.550 e. The summed E-state index contributed by atoms with van der Waals surface area (Å²) in [6, 6.07) is 0. The summed E-state index contributed by atoms with van der Waals surface area (Å²) in [4.78, 5) is 30.0. The van der Waals surface area contributed by atoms with E-state index in [1.54, 1.807) is 0 Å². The van der Waals surface area contributed by atoms with Crippen molar-refractivity contribution in [3.63, 3.8) is 0 Å². The molecule has 0 rings (SSSR count). The van der Waals surface area contributed by atoms with E-state index in [0.29, 0.717) is 0 Å². The smallest absolute Gasteiger partial charge is 0.114 e. The maximum absolute atomic E-state index is 10.1. The minimum Gasteiger partial charge on any atom is -0.550 e. The van der Waals surface area contributed by atoms with Gasteiger partial charge in [0.15, 0.2) is 0 Å². The molecule has 0 aliphatic rings. The van der Waals surface area contributed by atoms with Gasteiger partial charge in [0.1, 0.15) is 5.60 Å². The summed E-state index contributed by atoms with van der Waals surface area (Å²) in [5.41, 5.74) is -2.97. The van der Waals surface area contributed by atoms with Crippen LogP contribution in [-0.4, -0.2) is 28.6 Å². The number of hydrogen-bond acceptors (Lipinski definition) is 7. The van der Waals surface area contributed by atoms with Crippen molar-refractivity contribution in [2.45, 2.75) is 40.5 Å². The monoisotopic (exact) mass is 337 g/mol. The second kappa shape index (κ2) is 10.2. The summed E-state index contributed by atoms with van der Waals surface area (Å²) in [5, 5.41) is 38.9. The first kappa shape index (κ1) is 19.6. The fraction of sp³-hybridized carbons (Fsp3) is 0.700. The Morgan fingerprint density at radius 2 is 1.33 bits per heavy atom. The van der Waals surface area contributed by atoms with Gasteiger partial charge in [-0.25, -0.2) is 0 Å². The van der Waals surface area contributed by atoms with Crippen molar-refractivity contribution >= 4 is 17.9 Å². The Hall–Kier alpha value is -0.747. The van der Waals surface area contributed by atoms with Gasteiger partial charge in [-0.1, -0.05) is 0 Å². The van der Waals surface area contributed by atoms with Crippen LogP contribution >= 0.6 is 0 Å². The molecule has 18 heavy (non-hydrogen) atoms. The second-order valence-corrected chi connectivity index (χ2v) is 8.08. The molecule has 0 unspecified atom stereocenters. The number of carbonyl (C=O) groups is 3. The molecule has 0 aromatic heterocycles. The van der Waals surface area contributed by atoms with E-state index >= 15 is 0 Å². The molecule has 0 saturated carbocycles. The number of aliphatic carboxylic acids is 3. The molecule has 0 fully saturated rings. The normalized spacial score (nSPS) is 9.72. The van der Waals surface area contributed by atoms with Crippen molar-refractivity contribution in [3.05, 3.63) is 0 Å². The third kappa shape index (κ3) is 10.4. The third-order valence-corrected chi connectivity index (χ3v) is 4.21. The van der Waals surface area contributed by atoms with Gasteiger partial charge < -0.3 is 34.8 Å². The van der Waals surface area contributed by atoms with Crippen molar-refractivity contribution in [2.75, 3.05) is 0 Å². The number of hydrogen-bond donors (Lipinski definition) is 1. The average Bonchev–Trinajstić information content (AvgIpc) is 2.16. The van der Waals surface area contributed by atoms with Gasteiger partial charge in [0, 0.05) is 24.8 Å². The van der Waals surface area contributed by atoms with E-state index in [4.69, 9.17) is 5.11 Å². The fourth-order valence-corrected chi connectivity index (χ4v) is 2.16. The Bertz CT molecular complexity index is 272. The quantitative estimate of drug-likeness (QED) is 0.512. The van der Waals surface area contributed by atoms with Gasteiger partial charge in [0.2, 0.25) is 0 Å². The Balaban J connectivity index is 0. The van der Waals surface area contributed by atoms with Crippen LogP contribution in [0.5, 0.6) is 0 Å². The standard InChI is InChI=1S/C6H8O7.2C2H5.Zr/c7-3(8)1-6(13,5(11)12)2-4(9)10;2*1-2;/h13H,1-2H2,(H,7,8)(H,9,10)(H,11,12);2*1H2,2H3;/q;;;+3/p-3. The van der Waals surface area contributed by atoms with Gasteiger partial charge in [0.05, 0.1) is 5.97 Å². The summed E-state index contributed by atoms with van der Waals surface area (Å²) >= 11 is 0.218. The second-order valence-electron chi connectivity index (χ2n) is 3.37. The van der Waals surface area contributed by atoms with Crippen LogP contribution in [0.15, 0.2) is 0 Å². The summed E-state index contributed by atoms with van der Waals surface area (Å²) in [5.74, 6) is -5.98. The molecule has 0 aliphatic heterocycles. The van der Waals surface area contributed by atoms with Gasteiger partial charge in [-0.15, -0.1) is 0 Å². The van der Waals surface area contributed by atoms with Crippen molar-refractivity contribution < 1.29 is 58.0 Å². The average molecular weight is 338 g/mol. The van der Waals surface area contributed by atoms with Crippen LogP contribution in [0, 0.1) is 0 Å². The number of carboxylic acid groups (broad SMARTS) is 3. The molecule has 7 nitrogen and oxygen atoms in total. The molecule has 0 bridgehead atoms. The van der Waals surface area contributed by atoms with Crippen molar-refractivity contribution in [3.8, 4) is 0 Å².